The van der Waals surface area contributed by atoms with Gasteiger partial charge < -0.3 is 10.6 Å². The minimum Gasteiger partial charge on any atom is -0.334 e. The molecule has 2 N–H and O–H groups in total. The Bertz CT molecular complexity index is 854. The van der Waals surface area contributed by atoms with Gasteiger partial charge in [0.05, 0.1) is 5.69 Å². The summed E-state index contributed by atoms with van der Waals surface area (Å²) in [5.41, 5.74) is 4.93. The molecule has 5 nitrogen and oxygen atoms in total. The van der Waals surface area contributed by atoms with Gasteiger partial charge in [0, 0.05) is 24.1 Å². The quantitative estimate of drug-likeness (QED) is 0.768. The first kappa shape index (κ1) is 15.8. The lowest BCUT2D eigenvalue weighted by atomic mass is 10.1. The maximum Gasteiger partial charge on any atom is 0.319 e. The highest BCUT2D eigenvalue weighted by Gasteiger charge is 2.05. The molecular weight excluding hydrogens is 300 g/mol. The van der Waals surface area contributed by atoms with Gasteiger partial charge in [-0.25, -0.2) is 9.48 Å². The van der Waals surface area contributed by atoms with Crippen LogP contribution < -0.4 is 10.6 Å². The number of anilines is 1. The first-order valence-electron chi connectivity index (χ1n) is 7.83. The van der Waals surface area contributed by atoms with Crippen molar-refractivity contribution in [2.45, 2.75) is 20.4 Å². The normalized spacial score (nSPS) is 10.4. The second-order valence-electron chi connectivity index (χ2n) is 5.73. The summed E-state index contributed by atoms with van der Waals surface area (Å²) in [6, 6.07) is 17.4. The Hall–Kier alpha value is -3.08. The third-order valence-electron chi connectivity index (χ3n) is 3.72. The Morgan fingerprint density at radius 1 is 1.08 bits per heavy atom. The van der Waals surface area contributed by atoms with Crippen molar-refractivity contribution in [1.82, 2.24) is 15.1 Å². The molecule has 1 aromatic heterocycles. The van der Waals surface area contributed by atoms with Gasteiger partial charge >= 0.3 is 6.03 Å². The lowest BCUT2D eigenvalue weighted by Gasteiger charge is -2.10. The molecule has 0 aliphatic heterocycles. The van der Waals surface area contributed by atoms with E-state index < -0.39 is 0 Å². The highest BCUT2D eigenvalue weighted by atomic mass is 16.2. The zero-order valence-electron chi connectivity index (χ0n) is 13.8. The van der Waals surface area contributed by atoms with Gasteiger partial charge in [0.1, 0.15) is 0 Å². The van der Waals surface area contributed by atoms with E-state index in [0.29, 0.717) is 6.54 Å². The van der Waals surface area contributed by atoms with Crippen molar-refractivity contribution in [2.24, 2.45) is 0 Å². The first-order chi connectivity index (χ1) is 11.6. The minimum absolute atomic E-state index is 0.231. The fraction of sp³-hybridized carbons (Fsp3) is 0.158. The van der Waals surface area contributed by atoms with Gasteiger partial charge in [-0.05, 0) is 43.7 Å². The van der Waals surface area contributed by atoms with Crippen LogP contribution in [-0.2, 0) is 6.54 Å². The summed E-state index contributed by atoms with van der Waals surface area (Å²) < 4.78 is 1.83. The highest BCUT2D eigenvalue weighted by molar-refractivity contribution is 5.89. The number of urea groups is 1. The molecule has 2 amide bonds. The van der Waals surface area contributed by atoms with Crippen LogP contribution in [0, 0.1) is 13.8 Å². The van der Waals surface area contributed by atoms with E-state index in [-0.39, 0.29) is 6.03 Å². The zero-order valence-corrected chi connectivity index (χ0v) is 13.8. The van der Waals surface area contributed by atoms with Crippen molar-refractivity contribution in [2.75, 3.05) is 5.32 Å². The van der Waals surface area contributed by atoms with Crippen LogP contribution in [-0.4, -0.2) is 15.8 Å². The number of benzene rings is 2. The number of aromatic nitrogens is 2. The molecule has 0 saturated heterocycles. The molecule has 0 aliphatic carbocycles. The van der Waals surface area contributed by atoms with Gasteiger partial charge in [-0.3, -0.25) is 0 Å². The van der Waals surface area contributed by atoms with E-state index in [4.69, 9.17) is 0 Å². The molecule has 0 bridgehead atoms. The van der Waals surface area contributed by atoms with Crippen LogP contribution in [0.4, 0.5) is 10.5 Å². The molecular formula is C19H20N4O. The largest absolute Gasteiger partial charge is 0.334 e. The highest BCUT2D eigenvalue weighted by Crippen LogP contribution is 2.15. The Labute approximate surface area is 141 Å². The fourth-order valence-electron chi connectivity index (χ4n) is 2.53. The van der Waals surface area contributed by atoms with Gasteiger partial charge in [0.15, 0.2) is 0 Å². The van der Waals surface area contributed by atoms with E-state index in [1.54, 1.807) is 6.20 Å². The SMILES string of the molecule is Cc1cccc(CNC(=O)Nc2cccc(-n3nccc3C)c2)c1. The van der Waals surface area contributed by atoms with E-state index in [1.807, 2.05) is 67.1 Å². The summed E-state index contributed by atoms with van der Waals surface area (Å²) in [6.07, 6.45) is 1.75. The van der Waals surface area contributed by atoms with E-state index in [9.17, 15) is 4.79 Å². The fourth-order valence-corrected chi connectivity index (χ4v) is 2.53. The Morgan fingerprint density at radius 3 is 2.67 bits per heavy atom. The lowest BCUT2D eigenvalue weighted by Crippen LogP contribution is -2.28. The number of nitrogens with one attached hydrogen (secondary N) is 2. The number of carbonyl (C=O) groups excluding carboxylic acids is 1. The summed E-state index contributed by atoms with van der Waals surface area (Å²) in [7, 11) is 0. The molecule has 3 aromatic rings. The molecule has 0 spiro atoms. The number of amides is 2. The van der Waals surface area contributed by atoms with Crippen LogP contribution >= 0.6 is 0 Å². The number of carbonyl (C=O) groups is 1. The summed E-state index contributed by atoms with van der Waals surface area (Å²) in [5, 5.41) is 10.0. The van der Waals surface area contributed by atoms with Crippen molar-refractivity contribution in [3.8, 4) is 5.69 Å². The third kappa shape index (κ3) is 3.81. The number of rotatable bonds is 4. The van der Waals surface area contributed by atoms with E-state index in [0.717, 1.165) is 22.6 Å². The van der Waals surface area contributed by atoms with Crippen LogP contribution in [0.15, 0.2) is 60.8 Å². The van der Waals surface area contributed by atoms with E-state index in [1.165, 1.54) is 5.56 Å². The van der Waals surface area contributed by atoms with Gasteiger partial charge in [-0.15, -0.1) is 0 Å². The van der Waals surface area contributed by atoms with Crippen molar-refractivity contribution in [3.63, 3.8) is 0 Å². The molecule has 3 rings (SSSR count). The Balaban J connectivity index is 1.63. The molecule has 0 saturated carbocycles. The summed E-state index contributed by atoms with van der Waals surface area (Å²) in [4.78, 5) is 12.1. The number of nitrogens with zero attached hydrogens (tertiary/aromatic N) is 2. The van der Waals surface area contributed by atoms with Gasteiger partial charge in [-0.2, -0.15) is 5.10 Å². The molecule has 0 fully saturated rings. The van der Waals surface area contributed by atoms with Gasteiger partial charge in [0.2, 0.25) is 0 Å². The first-order valence-corrected chi connectivity index (χ1v) is 7.83. The molecule has 2 aromatic carbocycles. The van der Waals surface area contributed by atoms with Crippen molar-refractivity contribution >= 4 is 11.7 Å². The molecule has 0 unspecified atom stereocenters. The number of hydrogen-bond donors (Lipinski definition) is 2. The second-order valence-corrected chi connectivity index (χ2v) is 5.73. The molecule has 0 radical (unpaired) electrons. The van der Waals surface area contributed by atoms with Crippen LogP contribution in [0.2, 0.25) is 0 Å². The van der Waals surface area contributed by atoms with Gasteiger partial charge in [-0.1, -0.05) is 35.9 Å². The van der Waals surface area contributed by atoms with Crippen molar-refractivity contribution in [3.05, 3.63) is 77.6 Å². The van der Waals surface area contributed by atoms with Crippen LogP contribution in [0.25, 0.3) is 5.69 Å². The standard InChI is InChI=1S/C19H20N4O/c1-14-5-3-6-16(11-14)13-20-19(24)22-17-7-4-8-18(12-17)23-15(2)9-10-21-23/h3-12H,13H2,1-2H3,(H2,20,22,24). The average molecular weight is 320 g/mol. The molecule has 1 heterocycles. The topological polar surface area (TPSA) is 59.0 Å². The zero-order chi connectivity index (χ0) is 16.9. The number of aryl methyl sites for hydroxylation is 2. The third-order valence-corrected chi connectivity index (χ3v) is 3.72. The molecule has 0 aliphatic rings. The average Bonchev–Trinajstić information content (AvgIpc) is 2.99. The molecule has 5 heteroatoms. The predicted octanol–water partition coefficient (Wildman–Crippen LogP) is 3.81. The molecule has 0 atom stereocenters. The van der Waals surface area contributed by atoms with E-state index >= 15 is 0 Å². The maximum atomic E-state index is 12.1. The van der Waals surface area contributed by atoms with Crippen molar-refractivity contribution < 1.29 is 4.79 Å². The lowest BCUT2D eigenvalue weighted by molar-refractivity contribution is 0.251. The summed E-state index contributed by atoms with van der Waals surface area (Å²) in [6.45, 7) is 4.51. The van der Waals surface area contributed by atoms with Crippen LogP contribution in [0.5, 0.6) is 0 Å². The van der Waals surface area contributed by atoms with E-state index in [2.05, 4.69) is 21.8 Å². The van der Waals surface area contributed by atoms with Gasteiger partial charge in [0.25, 0.3) is 0 Å². The number of hydrogen-bond acceptors (Lipinski definition) is 2. The second kappa shape index (κ2) is 7.00. The van der Waals surface area contributed by atoms with Crippen LogP contribution in [0.3, 0.4) is 0 Å². The minimum atomic E-state index is -0.231. The van der Waals surface area contributed by atoms with Crippen LogP contribution in [0.1, 0.15) is 16.8 Å². The van der Waals surface area contributed by atoms with Crippen molar-refractivity contribution in [1.29, 1.82) is 0 Å². The summed E-state index contributed by atoms with van der Waals surface area (Å²) in [5.74, 6) is 0. The molecule has 24 heavy (non-hydrogen) atoms. The Morgan fingerprint density at radius 2 is 1.92 bits per heavy atom. The smallest absolute Gasteiger partial charge is 0.319 e. The Kier molecular flexibility index (Phi) is 4.61. The predicted molar refractivity (Wildman–Crippen MR) is 95.3 cm³/mol. The summed E-state index contributed by atoms with van der Waals surface area (Å²) >= 11 is 0. The maximum absolute atomic E-state index is 12.1. The molecule has 122 valence electrons. The monoisotopic (exact) mass is 320 g/mol.